The molecule has 0 fully saturated rings. The SMILES string of the molecule is COc1nc(CC(C(=O)O)C(C)C)nc(Nc2ccc(S(=O)(=O)OC)c3cc(NOS(C)(=O)=O)c(N=Nc4ccccc4C(F)(F)F)c(O)c23)n1.N. The molecule has 7 N–H and O–H groups in total. The minimum Gasteiger partial charge on any atom is -0.505 e. The number of carbonyl (C=O) groups is 1. The van der Waals surface area contributed by atoms with Crippen LogP contribution in [0.3, 0.4) is 0 Å². The molecular weight excluding hydrogens is 741 g/mol. The topological polar surface area (TPSA) is 276 Å². The van der Waals surface area contributed by atoms with E-state index in [-0.39, 0.29) is 52.7 Å². The van der Waals surface area contributed by atoms with Crippen LogP contribution in [-0.4, -0.2) is 68.4 Å². The minimum atomic E-state index is -4.86. The fourth-order valence-corrected chi connectivity index (χ4v) is 5.72. The molecule has 23 heteroatoms. The number of carboxylic acid groups (broad SMARTS) is 1. The third-order valence-corrected chi connectivity index (χ3v) is 8.80. The summed E-state index contributed by atoms with van der Waals surface area (Å²) in [7, 11) is -6.71. The van der Waals surface area contributed by atoms with Crippen molar-refractivity contribution in [3.8, 4) is 11.8 Å². The first-order valence-corrected chi connectivity index (χ1v) is 17.6. The molecule has 0 amide bonds. The number of benzene rings is 3. The summed E-state index contributed by atoms with van der Waals surface area (Å²) in [4.78, 5) is 23.8. The van der Waals surface area contributed by atoms with Crippen LogP contribution in [0.2, 0.25) is 0 Å². The Hall–Kier alpha value is -5.23. The number of phenols is 1. The molecule has 1 aromatic heterocycles. The minimum absolute atomic E-state index is 0. The number of ether oxygens (including phenoxy) is 1. The quantitative estimate of drug-likeness (QED) is 0.0591. The van der Waals surface area contributed by atoms with E-state index in [1.165, 1.54) is 13.2 Å². The number of aromatic nitrogens is 3. The second kappa shape index (κ2) is 16.0. The summed E-state index contributed by atoms with van der Waals surface area (Å²) >= 11 is 0. The van der Waals surface area contributed by atoms with Gasteiger partial charge in [0.1, 0.15) is 10.7 Å². The zero-order valence-corrected chi connectivity index (χ0v) is 29.6. The summed E-state index contributed by atoms with van der Waals surface area (Å²) in [6, 6.07) is 7.05. The molecule has 18 nitrogen and oxygen atoms in total. The number of anilines is 3. The second-order valence-electron chi connectivity index (χ2n) is 11.0. The number of phenolic OH excluding ortho intramolecular Hbond substituents is 1. The largest absolute Gasteiger partial charge is 0.505 e. The van der Waals surface area contributed by atoms with Crippen molar-refractivity contribution >= 4 is 65.7 Å². The van der Waals surface area contributed by atoms with Crippen LogP contribution >= 0.6 is 0 Å². The molecule has 1 atom stereocenters. The third-order valence-electron chi connectivity index (χ3n) is 7.08. The first-order valence-electron chi connectivity index (χ1n) is 14.4. The van der Waals surface area contributed by atoms with Crippen molar-refractivity contribution < 1.29 is 58.2 Å². The third kappa shape index (κ3) is 9.55. The highest BCUT2D eigenvalue weighted by Crippen LogP contribution is 2.48. The molecule has 0 spiro atoms. The van der Waals surface area contributed by atoms with Crippen molar-refractivity contribution in [3.05, 3.63) is 53.9 Å². The van der Waals surface area contributed by atoms with Gasteiger partial charge in [0, 0.05) is 11.8 Å². The molecule has 52 heavy (non-hydrogen) atoms. The Morgan fingerprint density at radius 3 is 2.25 bits per heavy atom. The molecule has 0 aliphatic heterocycles. The predicted octanol–water partition coefficient (Wildman–Crippen LogP) is 5.62. The number of azo groups is 1. The van der Waals surface area contributed by atoms with Gasteiger partial charge in [-0.2, -0.15) is 49.2 Å². The molecule has 0 saturated carbocycles. The lowest BCUT2D eigenvalue weighted by Gasteiger charge is -2.18. The number of aromatic hydroxyl groups is 1. The molecule has 4 aromatic rings. The van der Waals surface area contributed by atoms with E-state index in [2.05, 4.69) is 39.0 Å². The fraction of sp³-hybridized carbons (Fsp3) is 0.310. The van der Waals surface area contributed by atoms with Crippen molar-refractivity contribution in [2.45, 2.75) is 31.3 Å². The summed E-state index contributed by atoms with van der Waals surface area (Å²) < 4.78 is 105. The highest BCUT2D eigenvalue weighted by molar-refractivity contribution is 7.87. The molecule has 0 radical (unpaired) electrons. The van der Waals surface area contributed by atoms with Crippen molar-refractivity contribution in [3.63, 3.8) is 0 Å². The van der Waals surface area contributed by atoms with Gasteiger partial charge >= 0.3 is 18.2 Å². The zero-order chi connectivity index (χ0) is 37.9. The van der Waals surface area contributed by atoms with Gasteiger partial charge < -0.3 is 26.4 Å². The number of alkyl halides is 3. The highest BCUT2D eigenvalue weighted by atomic mass is 32.2. The van der Waals surface area contributed by atoms with Gasteiger partial charge in [-0.25, -0.2) is 5.48 Å². The Kier molecular flexibility index (Phi) is 12.7. The lowest BCUT2D eigenvalue weighted by molar-refractivity contribution is -0.143. The van der Waals surface area contributed by atoms with Crippen LogP contribution < -0.4 is 21.7 Å². The van der Waals surface area contributed by atoms with E-state index >= 15 is 0 Å². The monoisotopic (exact) mass is 774 g/mol. The molecule has 0 saturated heterocycles. The van der Waals surface area contributed by atoms with Crippen molar-refractivity contribution in [1.82, 2.24) is 21.1 Å². The standard InChI is InChI=1S/C29H30F3N7O10S2.H3N/c1-14(2)15(26(41)42)13-22-34-27(36-28(35-22)47-3)33-19-10-11-21(51(45,46)48-4)16-12-20(39-49-50(5,43)44)24(25(40)23(16)19)38-37-18-9-7-6-8-17(18)29(30,31)32;/h6-12,14-15,39-40H,13H2,1-5H3,(H,41,42)(H,33,34,35,36);1H3. The van der Waals surface area contributed by atoms with E-state index in [1.807, 2.05) is 5.48 Å². The van der Waals surface area contributed by atoms with E-state index in [0.29, 0.717) is 6.26 Å². The van der Waals surface area contributed by atoms with Crippen LogP contribution in [0.4, 0.5) is 41.9 Å². The lowest BCUT2D eigenvalue weighted by Crippen LogP contribution is -2.23. The van der Waals surface area contributed by atoms with Gasteiger partial charge in [0.25, 0.3) is 20.2 Å². The Labute approximate surface area is 294 Å². The first kappa shape index (κ1) is 41.2. The van der Waals surface area contributed by atoms with Gasteiger partial charge in [-0.05, 0) is 36.2 Å². The van der Waals surface area contributed by atoms with Crippen molar-refractivity contribution in [1.29, 1.82) is 0 Å². The molecule has 4 rings (SSSR count). The zero-order valence-electron chi connectivity index (χ0n) is 28.0. The predicted molar refractivity (Wildman–Crippen MR) is 179 cm³/mol. The summed E-state index contributed by atoms with van der Waals surface area (Å²) in [5.41, 5.74) is -1.21. The van der Waals surface area contributed by atoms with Gasteiger partial charge in [0.15, 0.2) is 11.4 Å². The number of fused-ring (bicyclic) bond motifs is 1. The normalized spacial score (nSPS) is 12.9. The molecule has 1 heterocycles. The smallest absolute Gasteiger partial charge is 0.418 e. The average Bonchev–Trinajstić information content (AvgIpc) is 3.04. The van der Waals surface area contributed by atoms with Crippen LogP contribution in [0.25, 0.3) is 10.8 Å². The van der Waals surface area contributed by atoms with Crippen LogP contribution in [0, 0.1) is 11.8 Å². The molecule has 0 aliphatic carbocycles. The number of methoxy groups -OCH3 is 1. The molecule has 282 valence electrons. The van der Waals surface area contributed by atoms with Gasteiger partial charge in [-0.15, -0.1) is 10.2 Å². The van der Waals surface area contributed by atoms with E-state index in [4.69, 9.17) is 4.74 Å². The van der Waals surface area contributed by atoms with E-state index in [0.717, 1.165) is 43.5 Å². The number of hydrogen-bond acceptors (Lipinski definition) is 17. The Balaban J connectivity index is 0.00000729. The van der Waals surface area contributed by atoms with E-state index < -0.39 is 71.6 Å². The van der Waals surface area contributed by atoms with Gasteiger partial charge in [-0.3, -0.25) is 8.98 Å². The van der Waals surface area contributed by atoms with Crippen LogP contribution in [0.1, 0.15) is 25.2 Å². The summed E-state index contributed by atoms with van der Waals surface area (Å²) in [6.07, 6.45) is -4.34. The number of rotatable bonds is 14. The maximum atomic E-state index is 13.7. The van der Waals surface area contributed by atoms with Crippen LogP contribution in [-0.2, 0) is 46.1 Å². The summed E-state index contributed by atoms with van der Waals surface area (Å²) in [6.45, 7) is 3.39. The summed E-state index contributed by atoms with van der Waals surface area (Å²) in [5, 5.41) is 30.8. The number of hydrogen-bond donors (Lipinski definition) is 5. The van der Waals surface area contributed by atoms with Gasteiger partial charge in [0.05, 0.1) is 54.4 Å². The molecular formula is C29H33F3N8O10S2. The lowest BCUT2D eigenvalue weighted by atomic mass is 9.92. The van der Waals surface area contributed by atoms with Crippen molar-refractivity contribution in [2.75, 3.05) is 31.3 Å². The molecule has 0 bridgehead atoms. The molecule has 1 unspecified atom stereocenters. The van der Waals surface area contributed by atoms with E-state index in [1.54, 1.807) is 13.8 Å². The second-order valence-corrected chi connectivity index (χ2v) is 14.2. The fourth-order valence-electron chi connectivity index (χ4n) is 4.64. The Morgan fingerprint density at radius 1 is 1.00 bits per heavy atom. The highest BCUT2D eigenvalue weighted by Gasteiger charge is 2.33. The average molecular weight is 775 g/mol. The number of aliphatic carboxylic acids is 1. The van der Waals surface area contributed by atoms with Crippen molar-refractivity contribution in [2.24, 2.45) is 22.1 Å². The van der Waals surface area contributed by atoms with Crippen LogP contribution in [0.15, 0.2) is 57.6 Å². The number of nitrogens with one attached hydrogen (secondary N) is 2. The molecule has 3 aromatic carbocycles. The number of nitrogens with zero attached hydrogens (tertiary/aromatic N) is 5. The van der Waals surface area contributed by atoms with Gasteiger partial charge in [0.2, 0.25) is 5.95 Å². The first-order chi connectivity index (χ1) is 23.8. The maximum Gasteiger partial charge on any atom is 0.418 e. The Morgan fingerprint density at radius 2 is 1.67 bits per heavy atom. The number of carboxylic acids is 1. The summed E-state index contributed by atoms with van der Waals surface area (Å²) in [5.74, 6) is -3.50. The van der Waals surface area contributed by atoms with E-state index in [9.17, 15) is 45.0 Å². The van der Waals surface area contributed by atoms with Crippen LogP contribution in [0.5, 0.6) is 11.8 Å². The number of halogens is 3. The van der Waals surface area contributed by atoms with Gasteiger partial charge in [-0.1, -0.05) is 26.0 Å². The molecule has 0 aliphatic rings. The Bertz CT molecular complexity index is 2220. The maximum absolute atomic E-state index is 13.7.